The summed E-state index contributed by atoms with van der Waals surface area (Å²) in [6, 6.07) is 6.86. The summed E-state index contributed by atoms with van der Waals surface area (Å²) in [7, 11) is -1.05. The summed E-state index contributed by atoms with van der Waals surface area (Å²) in [6.07, 6.45) is 1.26. The number of rotatable bonds is 7. The van der Waals surface area contributed by atoms with E-state index in [1.165, 1.54) is 0 Å². The molecular formula is C16H25NO3S. The van der Waals surface area contributed by atoms with Crippen molar-refractivity contribution in [3.05, 3.63) is 29.8 Å². The second-order valence-corrected chi connectivity index (χ2v) is 7.72. The van der Waals surface area contributed by atoms with Gasteiger partial charge < -0.3 is 10.4 Å². The van der Waals surface area contributed by atoms with Gasteiger partial charge in [-0.15, -0.1) is 0 Å². The van der Waals surface area contributed by atoms with Gasteiger partial charge in [0.1, 0.15) is 0 Å². The third kappa shape index (κ3) is 4.93. The highest BCUT2D eigenvalue weighted by Gasteiger charge is 2.24. The number of carbonyl (C=O) groups is 1. The fourth-order valence-corrected chi connectivity index (χ4v) is 2.88. The lowest BCUT2D eigenvalue weighted by Crippen LogP contribution is -2.46. The van der Waals surface area contributed by atoms with E-state index in [0.717, 1.165) is 11.3 Å². The standard InChI is InChI=1S/C16H25NO3S/c1-5-16(4,10-11-18)17-15(19)13-6-8-14(9-7-13)21(20)12(2)3/h6-9,12,18H,5,10-11H2,1-4H3,(H,17,19). The Bertz CT molecular complexity index is 499. The maximum absolute atomic E-state index is 12.2. The molecule has 0 spiro atoms. The van der Waals surface area contributed by atoms with Crippen LogP contribution in [-0.4, -0.2) is 32.6 Å². The van der Waals surface area contributed by atoms with Gasteiger partial charge >= 0.3 is 0 Å². The van der Waals surface area contributed by atoms with Crippen molar-refractivity contribution < 1.29 is 14.1 Å². The third-order valence-electron chi connectivity index (χ3n) is 3.64. The minimum absolute atomic E-state index is 0.0386. The fourth-order valence-electron chi connectivity index (χ4n) is 1.93. The Morgan fingerprint density at radius 3 is 2.33 bits per heavy atom. The largest absolute Gasteiger partial charge is 0.396 e. The Hall–Kier alpha value is -1.20. The molecule has 1 rings (SSSR count). The van der Waals surface area contributed by atoms with Crippen LogP contribution in [0.4, 0.5) is 0 Å². The maximum Gasteiger partial charge on any atom is 0.251 e. The number of hydrogen-bond acceptors (Lipinski definition) is 3. The van der Waals surface area contributed by atoms with E-state index in [1.54, 1.807) is 24.3 Å². The Morgan fingerprint density at radius 1 is 1.33 bits per heavy atom. The quantitative estimate of drug-likeness (QED) is 0.813. The molecule has 21 heavy (non-hydrogen) atoms. The summed E-state index contributed by atoms with van der Waals surface area (Å²) in [5.41, 5.74) is 0.128. The van der Waals surface area contributed by atoms with E-state index in [-0.39, 0.29) is 17.8 Å². The van der Waals surface area contributed by atoms with E-state index >= 15 is 0 Å². The fraction of sp³-hybridized carbons (Fsp3) is 0.562. The van der Waals surface area contributed by atoms with Crippen LogP contribution in [0.2, 0.25) is 0 Å². The molecule has 1 aromatic rings. The minimum atomic E-state index is -1.05. The number of aliphatic hydroxyl groups excluding tert-OH is 1. The van der Waals surface area contributed by atoms with Crippen LogP contribution >= 0.6 is 0 Å². The highest BCUT2D eigenvalue weighted by atomic mass is 32.2. The van der Waals surface area contributed by atoms with Crippen LogP contribution in [0.25, 0.3) is 0 Å². The molecule has 1 amide bonds. The summed E-state index contributed by atoms with van der Waals surface area (Å²) in [5.74, 6) is -0.172. The minimum Gasteiger partial charge on any atom is -0.396 e. The van der Waals surface area contributed by atoms with E-state index in [9.17, 15) is 9.00 Å². The van der Waals surface area contributed by atoms with Crippen LogP contribution in [0.3, 0.4) is 0 Å². The molecule has 5 heteroatoms. The van der Waals surface area contributed by atoms with E-state index in [4.69, 9.17) is 5.11 Å². The molecule has 0 aromatic heterocycles. The molecule has 0 saturated heterocycles. The molecule has 0 aliphatic heterocycles. The van der Waals surface area contributed by atoms with Crippen molar-refractivity contribution in [1.82, 2.24) is 5.32 Å². The van der Waals surface area contributed by atoms with E-state index < -0.39 is 16.3 Å². The number of aliphatic hydroxyl groups is 1. The molecule has 0 aliphatic rings. The van der Waals surface area contributed by atoms with Crippen molar-refractivity contribution >= 4 is 16.7 Å². The Balaban J connectivity index is 2.82. The Morgan fingerprint density at radius 2 is 1.90 bits per heavy atom. The first kappa shape index (κ1) is 17.9. The molecule has 0 radical (unpaired) electrons. The first-order valence-electron chi connectivity index (χ1n) is 7.27. The molecule has 2 unspecified atom stereocenters. The summed E-state index contributed by atoms with van der Waals surface area (Å²) in [5, 5.41) is 12.1. The van der Waals surface area contributed by atoms with Crippen LogP contribution in [0, 0.1) is 0 Å². The number of amides is 1. The molecule has 0 fully saturated rings. The lowest BCUT2D eigenvalue weighted by atomic mass is 9.94. The molecule has 0 bridgehead atoms. The van der Waals surface area contributed by atoms with Gasteiger partial charge in [-0.25, -0.2) is 0 Å². The van der Waals surface area contributed by atoms with Gasteiger partial charge in [0.05, 0.1) is 10.8 Å². The van der Waals surface area contributed by atoms with Crippen LogP contribution in [0.15, 0.2) is 29.2 Å². The van der Waals surface area contributed by atoms with Crippen molar-refractivity contribution in [3.63, 3.8) is 0 Å². The van der Waals surface area contributed by atoms with Crippen molar-refractivity contribution in [3.8, 4) is 0 Å². The van der Waals surface area contributed by atoms with Crippen molar-refractivity contribution in [2.45, 2.75) is 56.2 Å². The smallest absolute Gasteiger partial charge is 0.251 e. The summed E-state index contributed by atoms with van der Waals surface area (Å²) in [4.78, 5) is 13.0. The number of carbonyl (C=O) groups excluding carboxylic acids is 1. The zero-order valence-electron chi connectivity index (χ0n) is 13.2. The predicted molar refractivity (Wildman–Crippen MR) is 85.9 cm³/mol. The Kier molecular flexibility index (Phi) is 6.55. The van der Waals surface area contributed by atoms with Gasteiger partial charge in [-0.2, -0.15) is 0 Å². The second-order valence-electron chi connectivity index (χ2n) is 5.71. The average molecular weight is 311 g/mol. The van der Waals surface area contributed by atoms with Gasteiger partial charge in [-0.3, -0.25) is 9.00 Å². The van der Waals surface area contributed by atoms with Crippen LogP contribution < -0.4 is 5.32 Å². The molecule has 0 heterocycles. The molecule has 0 aliphatic carbocycles. The van der Waals surface area contributed by atoms with Gasteiger partial charge in [0, 0.05) is 27.9 Å². The average Bonchev–Trinajstić information content (AvgIpc) is 2.46. The highest BCUT2D eigenvalue weighted by Crippen LogP contribution is 2.16. The normalized spacial score (nSPS) is 15.5. The third-order valence-corrected chi connectivity index (χ3v) is 5.23. The first-order chi connectivity index (χ1) is 9.83. The lowest BCUT2D eigenvalue weighted by molar-refractivity contribution is 0.0886. The molecule has 4 nitrogen and oxygen atoms in total. The monoisotopic (exact) mass is 311 g/mol. The van der Waals surface area contributed by atoms with Crippen LogP contribution in [0.1, 0.15) is 50.9 Å². The molecular weight excluding hydrogens is 286 g/mol. The maximum atomic E-state index is 12.2. The van der Waals surface area contributed by atoms with E-state index in [0.29, 0.717) is 12.0 Å². The van der Waals surface area contributed by atoms with Crippen molar-refractivity contribution in [1.29, 1.82) is 0 Å². The summed E-state index contributed by atoms with van der Waals surface area (Å²) < 4.78 is 12.0. The van der Waals surface area contributed by atoms with Gasteiger partial charge in [-0.1, -0.05) is 20.8 Å². The van der Waals surface area contributed by atoms with Crippen LogP contribution in [-0.2, 0) is 10.8 Å². The van der Waals surface area contributed by atoms with Gasteiger partial charge in [0.25, 0.3) is 5.91 Å². The van der Waals surface area contributed by atoms with E-state index in [1.807, 2.05) is 27.7 Å². The Labute approximate surface area is 129 Å². The molecule has 118 valence electrons. The molecule has 0 saturated carbocycles. The zero-order chi connectivity index (χ0) is 16.0. The number of nitrogens with one attached hydrogen (secondary N) is 1. The van der Waals surface area contributed by atoms with Gasteiger partial charge in [0.15, 0.2) is 0 Å². The number of benzene rings is 1. The zero-order valence-corrected chi connectivity index (χ0v) is 14.0. The van der Waals surface area contributed by atoms with Crippen molar-refractivity contribution in [2.24, 2.45) is 0 Å². The topological polar surface area (TPSA) is 66.4 Å². The predicted octanol–water partition coefficient (Wildman–Crippen LogP) is 2.48. The molecule has 2 atom stereocenters. The molecule has 2 N–H and O–H groups in total. The highest BCUT2D eigenvalue weighted by molar-refractivity contribution is 7.85. The second kappa shape index (κ2) is 7.71. The van der Waals surface area contributed by atoms with Gasteiger partial charge in [0.2, 0.25) is 0 Å². The number of hydrogen-bond donors (Lipinski definition) is 2. The summed E-state index contributed by atoms with van der Waals surface area (Å²) >= 11 is 0. The van der Waals surface area contributed by atoms with Gasteiger partial charge in [-0.05, 0) is 44.0 Å². The SMILES string of the molecule is CCC(C)(CCO)NC(=O)c1ccc(S(=O)C(C)C)cc1. The van der Waals surface area contributed by atoms with Crippen LogP contribution in [0.5, 0.6) is 0 Å². The lowest BCUT2D eigenvalue weighted by Gasteiger charge is -2.29. The molecule has 1 aromatic carbocycles. The first-order valence-corrected chi connectivity index (χ1v) is 8.48. The summed E-state index contributed by atoms with van der Waals surface area (Å²) in [6.45, 7) is 7.74. The van der Waals surface area contributed by atoms with Crippen molar-refractivity contribution in [2.75, 3.05) is 6.61 Å². The van der Waals surface area contributed by atoms with E-state index in [2.05, 4.69) is 5.32 Å².